The lowest BCUT2D eigenvalue weighted by atomic mass is 10.2. The molecule has 0 unspecified atom stereocenters. The van der Waals surface area contributed by atoms with Crippen LogP contribution < -0.4 is 5.56 Å². The lowest BCUT2D eigenvalue weighted by Gasteiger charge is -2.04. The Morgan fingerprint density at radius 2 is 2.27 bits per heavy atom. The summed E-state index contributed by atoms with van der Waals surface area (Å²) in [7, 11) is 1.29. The van der Waals surface area contributed by atoms with Gasteiger partial charge in [0.2, 0.25) is 0 Å². The third-order valence-corrected chi connectivity index (χ3v) is 3.70. The molecule has 0 amide bonds. The van der Waals surface area contributed by atoms with Crippen LogP contribution in [0.4, 0.5) is 0 Å². The zero-order valence-corrected chi connectivity index (χ0v) is 12.6. The van der Waals surface area contributed by atoms with Crippen LogP contribution in [-0.2, 0) is 21.7 Å². The second-order valence-corrected chi connectivity index (χ2v) is 5.36. The fraction of sp³-hybridized carbons (Fsp3) is 0.200. The second kappa shape index (κ2) is 7.43. The summed E-state index contributed by atoms with van der Waals surface area (Å²) in [5, 5.41) is 9.29. The van der Waals surface area contributed by atoms with Crippen LogP contribution in [0.5, 0.6) is 0 Å². The van der Waals surface area contributed by atoms with E-state index in [2.05, 4.69) is 20.8 Å². The summed E-state index contributed by atoms with van der Waals surface area (Å²) in [6, 6.07) is 10.6. The molecule has 1 aromatic carbocycles. The number of aromatic nitrogens is 2. The summed E-state index contributed by atoms with van der Waals surface area (Å²) < 4.78 is 4.56. The Hall–Kier alpha value is -2.59. The SMILES string of the molecule is COC(=O)Cc1cc(=O)[nH]c(SCc2cccc(C#N)c2)n1. The number of methoxy groups -OCH3 is 1. The van der Waals surface area contributed by atoms with Gasteiger partial charge in [0.1, 0.15) is 0 Å². The van der Waals surface area contributed by atoms with Crippen molar-refractivity contribution in [2.24, 2.45) is 0 Å². The molecule has 2 rings (SSSR count). The van der Waals surface area contributed by atoms with Crippen LogP contribution in [0.15, 0.2) is 40.3 Å². The molecule has 22 heavy (non-hydrogen) atoms. The molecule has 1 heterocycles. The Kier molecular flexibility index (Phi) is 5.33. The predicted octanol–water partition coefficient (Wildman–Crippen LogP) is 1.65. The van der Waals surface area contributed by atoms with Gasteiger partial charge in [0, 0.05) is 11.8 Å². The quantitative estimate of drug-likeness (QED) is 0.512. The summed E-state index contributed by atoms with van der Waals surface area (Å²) in [4.78, 5) is 29.7. The van der Waals surface area contributed by atoms with E-state index in [4.69, 9.17) is 5.26 Å². The van der Waals surface area contributed by atoms with Crippen molar-refractivity contribution in [1.82, 2.24) is 9.97 Å². The first-order chi connectivity index (χ1) is 10.6. The fourth-order valence-corrected chi connectivity index (χ4v) is 2.58. The van der Waals surface area contributed by atoms with Crippen molar-refractivity contribution in [3.63, 3.8) is 0 Å². The highest BCUT2D eigenvalue weighted by Crippen LogP contribution is 2.19. The van der Waals surface area contributed by atoms with Crippen molar-refractivity contribution in [1.29, 1.82) is 5.26 Å². The van der Waals surface area contributed by atoms with E-state index in [1.807, 2.05) is 6.07 Å². The molecule has 0 aliphatic rings. The number of ether oxygens (including phenoxy) is 1. The Labute approximate surface area is 131 Å². The molecular weight excluding hydrogens is 302 g/mol. The number of nitrogens with one attached hydrogen (secondary N) is 1. The van der Waals surface area contributed by atoms with Crippen molar-refractivity contribution in [3.05, 3.63) is 57.5 Å². The smallest absolute Gasteiger partial charge is 0.311 e. The lowest BCUT2D eigenvalue weighted by molar-refractivity contribution is -0.139. The van der Waals surface area contributed by atoms with E-state index in [0.29, 0.717) is 22.2 Å². The molecule has 0 radical (unpaired) electrons. The largest absolute Gasteiger partial charge is 0.469 e. The van der Waals surface area contributed by atoms with E-state index in [9.17, 15) is 9.59 Å². The summed E-state index contributed by atoms with van der Waals surface area (Å²) in [6.07, 6.45) is -0.0438. The molecule has 112 valence electrons. The molecule has 1 aromatic heterocycles. The van der Waals surface area contributed by atoms with Crippen molar-refractivity contribution in [2.75, 3.05) is 7.11 Å². The van der Waals surface area contributed by atoms with E-state index in [1.165, 1.54) is 24.9 Å². The summed E-state index contributed by atoms with van der Waals surface area (Å²) >= 11 is 1.33. The van der Waals surface area contributed by atoms with Gasteiger partial charge in [-0.3, -0.25) is 9.59 Å². The van der Waals surface area contributed by atoms with Gasteiger partial charge >= 0.3 is 5.97 Å². The molecule has 0 atom stereocenters. The molecule has 1 N–H and O–H groups in total. The van der Waals surface area contributed by atoms with Gasteiger partial charge in [-0.15, -0.1) is 0 Å². The number of esters is 1. The normalized spacial score (nSPS) is 10.0. The zero-order valence-electron chi connectivity index (χ0n) is 11.8. The predicted molar refractivity (Wildman–Crippen MR) is 81.3 cm³/mol. The number of thioether (sulfide) groups is 1. The number of H-pyrrole nitrogens is 1. The number of carbonyl (C=O) groups is 1. The second-order valence-electron chi connectivity index (χ2n) is 4.40. The molecule has 2 aromatic rings. The van der Waals surface area contributed by atoms with Crippen molar-refractivity contribution in [2.45, 2.75) is 17.3 Å². The van der Waals surface area contributed by atoms with E-state index < -0.39 is 5.97 Å². The van der Waals surface area contributed by atoms with E-state index in [-0.39, 0.29) is 12.0 Å². The minimum absolute atomic E-state index is 0.0438. The highest BCUT2D eigenvalue weighted by molar-refractivity contribution is 7.98. The van der Waals surface area contributed by atoms with E-state index in [1.54, 1.807) is 18.2 Å². The van der Waals surface area contributed by atoms with E-state index >= 15 is 0 Å². The van der Waals surface area contributed by atoms with E-state index in [0.717, 1.165) is 5.56 Å². The van der Waals surface area contributed by atoms with Crippen LogP contribution >= 0.6 is 11.8 Å². The number of nitriles is 1. The topological polar surface area (TPSA) is 95.8 Å². The molecule has 0 aliphatic heterocycles. The number of carbonyl (C=O) groups excluding carboxylic acids is 1. The number of hydrogen-bond donors (Lipinski definition) is 1. The Balaban J connectivity index is 2.11. The standard InChI is InChI=1S/C15H13N3O3S/c1-21-14(20)7-12-6-13(19)18-15(17-12)22-9-11-4-2-3-10(5-11)8-16/h2-6H,7,9H2,1H3,(H,17,18,19). The van der Waals surface area contributed by atoms with Crippen LogP contribution in [0.2, 0.25) is 0 Å². The molecule has 0 spiro atoms. The molecule has 0 saturated heterocycles. The number of benzene rings is 1. The number of nitrogens with zero attached hydrogens (tertiary/aromatic N) is 2. The van der Waals surface area contributed by atoms with Gasteiger partial charge in [0.25, 0.3) is 5.56 Å². The first kappa shape index (κ1) is 15.8. The Morgan fingerprint density at radius 1 is 1.45 bits per heavy atom. The van der Waals surface area contributed by atoms with Crippen LogP contribution in [0.3, 0.4) is 0 Å². The number of hydrogen-bond acceptors (Lipinski definition) is 6. The lowest BCUT2D eigenvalue weighted by Crippen LogP contribution is -2.13. The Morgan fingerprint density at radius 3 is 3.00 bits per heavy atom. The van der Waals surface area contributed by atoms with Crippen molar-refractivity contribution in [3.8, 4) is 6.07 Å². The molecular formula is C15H13N3O3S. The minimum Gasteiger partial charge on any atom is -0.469 e. The highest BCUT2D eigenvalue weighted by Gasteiger charge is 2.08. The fourth-order valence-electron chi connectivity index (χ4n) is 1.74. The third-order valence-electron chi connectivity index (χ3n) is 2.76. The number of aromatic amines is 1. The average molecular weight is 315 g/mol. The molecule has 7 heteroatoms. The molecule has 6 nitrogen and oxygen atoms in total. The van der Waals surface area contributed by atoms with Crippen molar-refractivity contribution < 1.29 is 9.53 Å². The van der Waals surface area contributed by atoms with Gasteiger partial charge in [-0.1, -0.05) is 23.9 Å². The van der Waals surface area contributed by atoms with Crippen LogP contribution in [0, 0.1) is 11.3 Å². The average Bonchev–Trinajstić information content (AvgIpc) is 2.52. The first-order valence-corrected chi connectivity index (χ1v) is 7.38. The van der Waals surface area contributed by atoms with Crippen molar-refractivity contribution >= 4 is 17.7 Å². The van der Waals surface area contributed by atoms with Crippen LogP contribution in [-0.4, -0.2) is 23.0 Å². The monoisotopic (exact) mass is 315 g/mol. The van der Waals surface area contributed by atoms with Gasteiger partial charge in [0.05, 0.1) is 30.9 Å². The zero-order chi connectivity index (χ0) is 15.9. The molecule has 0 saturated carbocycles. The summed E-state index contributed by atoms with van der Waals surface area (Å²) in [5.41, 5.74) is 1.58. The van der Waals surface area contributed by atoms with Gasteiger partial charge in [0.15, 0.2) is 5.16 Å². The first-order valence-electron chi connectivity index (χ1n) is 6.39. The maximum absolute atomic E-state index is 11.6. The molecule has 0 aliphatic carbocycles. The third kappa shape index (κ3) is 4.46. The Bertz CT molecular complexity index is 780. The summed E-state index contributed by atoms with van der Waals surface area (Å²) in [5.74, 6) is 0.107. The maximum atomic E-state index is 11.6. The van der Waals surface area contributed by atoms with Crippen LogP contribution in [0.1, 0.15) is 16.8 Å². The summed E-state index contributed by atoms with van der Waals surface area (Å²) in [6.45, 7) is 0. The molecule has 0 bridgehead atoms. The van der Waals surface area contributed by atoms with Crippen LogP contribution in [0.25, 0.3) is 0 Å². The van der Waals surface area contributed by atoms with Gasteiger partial charge < -0.3 is 9.72 Å². The van der Waals surface area contributed by atoms with Gasteiger partial charge in [-0.2, -0.15) is 5.26 Å². The van der Waals surface area contributed by atoms with Gasteiger partial charge in [-0.05, 0) is 17.7 Å². The maximum Gasteiger partial charge on any atom is 0.311 e. The minimum atomic E-state index is -0.448. The number of rotatable bonds is 5. The molecule has 0 fully saturated rings. The van der Waals surface area contributed by atoms with Gasteiger partial charge in [-0.25, -0.2) is 4.98 Å². The highest BCUT2D eigenvalue weighted by atomic mass is 32.2.